The molecule has 1 N–H and O–H groups in total. The van der Waals surface area contributed by atoms with Gasteiger partial charge in [-0.15, -0.1) is 0 Å². The highest BCUT2D eigenvalue weighted by molar-refractivity contribution is 5.77. The molecule has 1 amide bonds. The molecule has 0 radical (unpaired) electrons. The summed E-state index contributed by atoms with van der Waals surface area (Å²) in [5, 5.41) is 7.64. The summed E-state index contributed by atoms with van der Waals surface area (Å²) in [5.41, 5.74) is 4.70. The second-order valence-electron chi connectivity index (χ2n) is 7.78. The molecule has 6 heteroatoms. The number of benzene rings is 2. The number of likely N-dealkylation sites (N-methyl/N-ethyl adjacent to an activating group) is 1. The maximum Gasteiger partial charge on any atom is 0.233 e. The monoisotopic (exact) mass is 403 g/mol. The smallest absolute Gasteiger partial charge is 0.233 e. The number of rotatable bonds is 7. The van der Waals surface area contributed by atoms with E-state index in [1.165, 1.54) is 11.1 Å². The van der Waals surface area contributed by atoms with E-state index in [1.807, 2.05) is 12.1 Å². The van der Waals surface area contributed by atoms with Crippen molar-refractivity contribution >= 4 is 5.91 Å². The van der Waals surface area contributed by atoms with Gasteiger partial charge in [-0.1, -0.05) is 60.7 Å². The lowest BCUT2D eigenvalue weighted by atomic mass is 10.1. The number of nitrogens with one attached hydrogen (secondary N) is 1. The summed E-state index contributed by atoms with van der Waals surface area (Å²) in [5.74, 6) is 0.0806. The topological polar surface area (TPSA) is 53.4 Å². The summed E-state index contributed by atoms with van der Waals surface area (Å²) < 4.78 is 2.05. The van der Waals surface area contributed by atoms with Gasteiger partial charge in [0.05, 0.1) is 18.8 Å². The van der Waals surface area contributed by atoms with Crippen molar-refractivity contribution in [3.63, 3.8) is 0 Å². The average Bonchev–Trinajstić information content (AvgIpc) is 3.18. The molecule has 0 atom stereocenters. The Balaban J connectivity index is 1.48. The lowest BCUT2D eigenvalue weighted by molar-refractivity contribution is -0.122. The summed E-state index contributed by atoms with van der Waals surface area (Å²) >= 11 is 0. The lowest BCUT2D eigenvalue weighted by Gasteiger charge is -2.34. The van der Waals surface area contributed by atoms with Gasteiger partial charge in [-0.2, -0.15) is 5.10 Å². The van der Waals surface area contributed by atoms with Crippen molar-refractivity contribution in [3.8, 4) is 11.3 Å². The molecule has 4 rings (SSSR count). The highest BCUT2D eigenvalue weighted by Gasteiger charge is 2.21. The minimum atomic E-state index is 0.0806. The zero-order chi connectivity index (χ0) is 20.8. The molecular weight excluding hydrogens is 374 g/mol. The maximum absolute atomic E-state index is 11.6. The van der Waals surface area contributed by atoms with Crippen molar-refractivity contribution in [2.24, 2.45) is 0 Å². The quantitative estimate of drug-likeness (QED) is 0.659. The Kier molecular flexibility index (Phi) is 6.57. The summed E-state index contributed by atoms with van der Waals surface area (Å²) in [6.45, 7) is 5.84. The Morgan fingerprint density at radius 2 is 1.53 bits per heavy atom. The summed E-state index contributed by atoms with van der Waals surface area (Å²) in [7, 11) is 1.69. The van der Waals surface area contributed by atoms with Crippen LogP contribution in [0.3, 0.4) is 0 Å². The van der Waals surface area contributed by atoms with Gasteiger partial charge in [0.15, 0.2) is 0 Å². The zero-order valence-electron chi connectivity index (χ0n) is 17.5. The van der Waals surface area contributed by atoms with Crippen molar-refractivity contribution in [1.29, 1.82) is 0 Å². The van der Waals surface area contributed by atoms with Gasteiger partial charge in [0.1, 0.15) is 0 Å². The second kappa shape index (κ2) is 9.69. The van der Waals surface area contributed by atoms with Gasteiger partial charge in [0.2, 0.25) is 5.91 Å². The van der Waals surface area contributed by atoms with Crippen molar-refractivity contribution in [3.05, 3.63) is 78.0 Å². The third kappa shape index (κ3) is 5.14. The predicted octanol–water partition coefficient (Wildman–Crippen LogP) is 2.46. The molecule has 3 aromatic rings. The molecule has 0 aliphatic carbocycles. The molecule has 156 valence electrons. The van der Waals surface area contributed by atoms with Crippen LogP contribution in [-0.2, 0) is 17.9 Å². The molecule has 30 heavy (non-hydrogen) atoms. The zero-order valence-corrected chi connectivity index (χ0v) is 17.5. The molecule has 0 unspecified atom stereocenters. The molecule has 0 spiro atoms. The first kappa shape index (κ1) is 20.3. The molecule has 2 aromatic carbocycles. The van der Waals surface area contributed by atoms with E-state index in [0.29, 0.717) is 6.54 Å². The van der Waals surface area contributed by atoms with Crippen LogP contribution < -0.4 is 5.32 Å². The van der Waals surface area contributed by atoms with E-state index >= 15 is 0 Å². The third-order valence-corrected chi connectivity index (χ3v) is 5.58. The molecule has 1 fully saturated rings. The van der Waals surface area contributed by atoms with Crippen molar-refractivity contribution in [2.45, 2.75) is 13.1 Å². The van der Waals surface area contributed by atoms with Gasteiger partial charge < -0.3 is 5.32 Å². The van der Waals surface area contributed by atoms with Gasteiger partial charge in [-0.25, -0.2) is 0 Å². The van der Waals surface area contributed by atoms with E-state index < -0.39 is 0 Å². The van der Waals surface area contributed by atoms with Crippen LogP contribution in [0.25, 0.3) is 11.3 Å². The van der Waals surface area contributed by atoms with Crippen molar-refractivity contribution in [1.82, 2.24) is 24.9 Å². The highest BCUT2D eigenvalue weighted by atomic mass is 16.1. The van der Waals surface area contributed by atoms with E-state index in [0.717, 1.165) is 50.5 Å². The van der Waals surface area contributed by atoms with Crippen LogP contribution in [0, 0.1) is 0 Å². The first-order valence-electron chi connectivity index (χ1n) is 10.5. The molecule has 0 bridgehead atoms. The number of amides is 1. The molecule has 1 aliphatic rings. The fraction of sp³-hybridized carbons (Fsp3) is 0.333. The molecular formula is C24H29N5O. The van der Waals surface area contributed by atoms with Gasteiger partial charge in [-0.05, 0) is 5.56 Å². The first-order chi connectivity index (χ1) is 14.7. The summed E-state index contributed by atoms with van der Waals surface area (Å²) in [6.07, 6.45) is 2.19. The second-order valence-corrected chi connectivity index (χ2v) is 7.78. The van der Waals surface area contributed by atoms with Crippen LogP contribution in [0.4, 0.5) is 0 Å². The number of carbonyl (C=O) groups is 1. The highest BCUT2D eigenvalue weighted by Crippen LogP contribution is 2.24. The third-order valence-electron chi connectivity index (χ3n) is 5.58. The molecule has 6 nitrogen and oxygen atoms in total. The minimum absolute atomic E-state index is 0.0806. The number of carbonyl (C=O) groups excluding carboxylic acids is 1. The SMILES string of the molecule is CNC(=O)CN1CCN(Cc2cn(Cc3ccccc3)nc2-c2ccccc2)CC1. The van der Waals surface area contributed by atoms with Crippen LogP contribution in [0.2, 0.25) is 0 Å². The van der Waals surface area contributed by atoms with Crippen LogP contribution in [0.15, 0.2) is 66.9 Å². The van der Waals surface area contributed by atoms with Gasteiger partial charge in [-0.3, -0.25) is 19.3 Å². The van der Waals surface area contributed by atoms with Crippen LogP contribution in [0.5, 0.6) is 0 Å². The van der Waals surface area contributed by atoms with Crippen molar-refractivity contribution < 1.29 is 4.79 Å². The van der Waals surface area contributed by atoms with Crippen molar-refractivity contribution in [2.75, 3.05) is 39.8 Å². The van der Waals surface area contributed by atoms with Gasteiger partial charge in [0.25, 0.3) is 0 Å². The summed E-state index contributed by atoms with van der Waals surface area (Å²) in [4.78, 5) is 16.3. The molecule has 0 saturated carbocycles. The van der Waals surface area contributed by atoms with E-state index in [4.69, 9.17) is 5.10 Å². The van der Waals surface area contributed by atoms with E-state index in [1.54, 1.807) is 7.05 Å². The fourth-order valence-electron chi connectivity index (χ4n) is 3.90. The number of hydrogen-bond acceptors (Lipinski definition) is 4. The number of hydrogen-bond donors (Lipinski definition) is 1. The normalized spacial score (nSPS) is 15.2. The fourth-order valence-corrected chi connectivity index (χ4v) is 3.90. The van der Waals surface area contributed by atoms with E-state index in [2.05, 4.69) is 74.5 Å². The van der Waals surface area contributed by atoms with Gasteiger partial charge in [0, 0.05) is 57.1 Å². The Morgan fingerprint density at radius 1 is 0.900 bits per heavy atom. The molecule has 1 aliphatic heterocycles. The maximum atomic E-state index is 11.6. The largest absolute Gasteiger partial charge is 0.358 e. The number of nitrogens with zero attached hydrogens (tertiary/aromatic N) is 4. The Hall–Kier alpha value is -2.96. The number of aromatic nitrogens is 2. The van der Waals surface area contributed by atoms with Crippen LogP contribution >= 0.6 is 0 Å². The Bertz CT molecular complexity index is 946. The molecule has 2 heterocycles. The van der Waals surface area contributed by atoms with E-state index in [9.17, 15) is 4.79 Å². The summed E-state index contributed by atoms with van der Waals surface area (Å²) in [6, 6.07) is 20.9. The Morgan fingerprint density at radius 3 is 2.20 bits per heavy atom. The van der Waals surface area contributed by atoms with Gasteiger partial charge >= 0.3 is 0 Å². The minimum Gasteiger partial charge on any atom is -0.358 e. The average molecular weight is 404 g/mol. The lowest BCUT2D eigenvalue weighted by Crippen LogP contribution is -2.48. The first-order valence-corrected chi connectivity index (χ1v) is 10.5. The van der Waals surface area contributed by atoms with Crippen LogP contribution in [-0.4, -0.2) is 65.3 Å². The molecule has 1 aromatic heterocycles. The number of piperazine rings is 1. The Labute approximate surface area is 178 Å². The predicted molar refractivity (Wildman–Crippen MR) is 119 cm³/mol. The van der Waals surface area contributed by atoms with Crippen LogP contribution in [0.1, 0.15) is 11.1 Å². The standard InChI is InChI=1S/C24H29N5O/c1-25-23(30)19-28-14-12-27(13-15-28)17-22-18-29(16-20-8-4-2-5-9-20)26-24(22)21-10-6-3-7-11-21/h2-11,18H,12-17,19H2,1H3,(H,25,30). The van der Waals surface area contributed by atoms with E-state index in [-0.39, 0.29) is 5.91 Å². The molecule has 1 saturated heterocycles.